The maximum atomic E-state index is 11.5. The van der Waals surface area contributed by atoms with Crippen LogP contribution >= 0.6 is 0 Å². The second-order valence-electron chi connectivity index (χ2n) is 5.84. The molecular weight excluding hydrogens is 278 g/mol. The van der Waals surface area contributed by atoms with E-state index in [1.54, 1.807) is 7.05 Å². The molecule has 0 radical (unpaired) electrons. The molecule has 0 saturated heterocycles. The Bertz CT molecular complexity index is 354. The first-order chi connectivity index (χ1) is 10.4. The lowest BCUT2D eigenvalue weighted by Gasteiger charge is -2.21. The standard InChI is InChI=1S/C17H33N3O2/c1-6-7-14-22-17(21)9-8-15(2)10-12-19(4)16(3)11-13-20(5)18/h10-13,15-16H,6-9,14,18H2,1-5H3/b12-10+,13-11+. The lowest BCUT2D eigenvalue weighted by molar-refractivity contribution is -0.144. The fraction of sp³-hybridized carbons (Fsp3) is 0.706. The Morgan fingerprint density at radius 2 is 1.91 bits per heavy atom. The third kappa shape index (κ3) is 11.2. The van der Waals surface area contributed by atoms with E-state index < -0.39 is 0 Å². The average molecular weight is 311 g/mol. The first-order valence-electron chi connectivity index (χ1n) is 8.08. The van der Waals surface area contributed by atoms with Gasteiger partial charge in [0.1, 0.15) is 0 Å². The summed E-state index contributed by atoms with van der Waals surface area (Å²) in [5, 5.41) is 1.53. The zero-order chi connectivity index (χ0) is 17.0. The van der Waals surface area contributed by atoms with Crippen molar-refractivity contribution in [2.24, 2.45) is 11.8 Å². The Morgan fingerprint density at radius 3 is 2.50 bits per heavy atom. The summed E-state index contributed by atoms with van der Waals surface area (Å²) in [4.78, 5) is 13.6. The molecule has 0 saturated carbocycles. The number of esters is 1. The van der Waals surface area contributed by atoms with Crippen LogP contribution in [0.1, 0.15) is 46.5 Å². The number of hydrogen-bond donors (Lipinski definition) is 1. The van der Waals surface area contributed by atoms with E-state index in [1.165, 1.54) is 5.01 Å². The topological polar surface area (TPSA) is 58.8 Å². The molecule has 22 heavy (non-hydrogen) atoms. The lowest BCUT2D eigenvalue weighted by Crippen LogP contribution is -2.24. The zero-order valence-electron chi connectivity index (χ0n) is 14.8. The Hall–Kier alpha value is -1.49. The molecule has 0 bridgehead atoms. The van der Waals surface area contributed by atoms with Crippen molar-refractivity contribution in [3.8, 4) is 0 Å². The van der Waals surface area contributed by atoms with E-state index in [4.69, 9.17) is 10.6 Å². The van der Waals surface area contributed by atoms with Gasteiger partial charge in [-0.15, -0.1) is 0 Å². The number of nitrogens with zero attached hydrogens (tertiary/aromatic N) is 2. The lowest BCUT2D eigenvalue weighted by atomic mass is 10.1. The van der Waals surface area contributed by atoms with E-state index in [9.17, 15) is 4.79 Å². The molecule has 0 aliphatic rings. The molecule has 0 fully saturated rings. The van der Waals surface area contributed by atoms with Crippen molar-refractivity contribution >= 4 is 5.97 Å². The maximum absolute atomic E-state index is 11.5. The summed E-state index contributed by atoms with van der Waals surface area (Å²) in [5.41, 5.74) is 0. The fourth-order valence-corrected chi connectivity index (χ4v) is 1.66. The number of carbonyl (C=O) groups is 1. The minimum Gasteiger partial charge on any atom is -0.466 e. The minimum absolute atomic E-state index is 0.0932. The highest BCUT2D eigenvalue weighted by atomic mass is 16.5. The molecule has 0 heterocycles. The van der Waals surface area contributed by atoms with E-state index in [0.29, 0.717) is 18.9 Å². The molecule has 0 aromatic carbocycles. The van der Waals surface area contributed by atoms with E-state index in [1.807, 2.05) is 19.3 Å². The van der Waals surface area contributed by atoms with Crippen molar-refractivity contribution in [2.75, 3.05) is 20.7 Å². The first-order valence-corrected chi connectivity index (χ1v) is 8.08. The van der Waals surface area contributed by atoms with Crippen LogP contribution in [0.4, 0.5) is 0 Å². The van der Waals surface area contributed by atoms with E-state index >= 15 is 0 Å². The minimum atomic E-state index is -0.0932. The van der Waals surface area contributed by atoms with Crippen molar-refractivity contribution in [1.29, 1.82) is 0 Å². The van der Waals surface area contributed by atoms with Crippen molar-refractivity contribution in [2.45, 2.75) is 52.5 Å². The van der Waals surface area contributed by atoms with Gasteiger partial charge in [0.25, 0.3) is 0 Å². The molecule has 0 aromatic heterocycles. The van der Waals surface area contributed by atoms with Crippen LogP contribution in [0.15, 0.2) is 24.6 Å². The molecule has 2 unspecified atom stereocenters. The van der Waals surface area contributed by atoms with Gasteiger partial charge >= 0.3 is 5.97 Å². The van der Waals surface area contributed by atoms with Gasteiger partial charge in [-0.3, -0.25) is 4.79 Å². The van der Waals surface area contributed by atoms with Crippen molar-refractivity contribution in [3.63, 3.8) is 0 Å². The number of hydrazine groups is 1. The molecule has 5 nitrogen and oxygen atoms in total. The third-order valence-corrected chi connectivity index (χ3v) is 3.46. The normalized spacial score (nSPS) is 14.3. The molecule has 128 valence electrons. The molecule has 0 amide bonds. The zero-order valence-corrected chi connectivity index (χ0v) is 14.8. The summed E-state index contributed by atoms with van der Waals surface area (Å²) in [5.74, 6) is 5.79. The van der Waals surface area contributed by atoms with Gasteiger partial charge in [-0.05, 0) is 38.0 Å². The second-order valence-corrected chi connectivity index (χ2v) is 5.84. The molecule has 0 aliphatic heterocycles. The number of nitrogens with two attached hydrogens (primary N) is 1. The number of unbranched alkanes of at least 4 members (excludes halogenated alkanes) is 1. The van der Waals surface area contributed by atoms with E-state index in [-0.39, 0.29) is 12.0 Å². The first kappa shape index (κ1) is 20.5. The van der Waals surface area contributed by atoms with Gasteiger partial charge in [0.15, 0.2) is 0 Å². The van der Waals surface area contributed by atoms with Gasteiger partial charge in [0.2, 0.25) is 0 Å². The number of allylic oxidation sites excluding steroid dienone is 1. The summed E-state index contributed by atoms with van der Waals surface area (Å²) in [7, 11) is 3.81. The van der Waals surface area contributed by atoms with Crippen LogP contribution in [0.25, 0.3) is 0 Å². The van der Waals surface area contributed by atoms with Crippen molar-refractivity contribution in [1.82, 2.24) is 9.91 Å². The third-order valence-electron chi connectivity index (χ3n) is 3.46. The summed E-state index contributed by atoms with van der Waals surface area (Å²) < 4.78 is 5.15. The highest BCUT2D eigenvalue weighted by Gasteiger charge is 2.06. The number of rotatable bonds is 11. The van der Waals surface area contributed by atoms with Crippen LogP contribution < -0.4 is 5.84 Å². The predicted octanol–water partition coefficient (Wildman–Crippen LogP) is 2.90. The Labute approximate surface area is 135 Å². The second kappa shape index (κ2) is 12.1. The Balaban J connectivity index is 4.03. The van der Waals surface area contributed by atoms with E-state index in [2.05, 4.69) is 37.9 Å². The van der Waals surface area contributed by atoms with E-state index in [0.717, 1.165) is 19.3 Å². The quantitative estimate of drug-likeness (QED) is 0.275. The van der Waals surface area contributed by atoms with Gasteiger partial charge in [0, 0.05) is 32.8 Å². The summed E-state index contributed by atoms with van der Waals surface area (Å²) in [6, 6.07) is 0.258. The van der Waals surface area contributed by atoms with Crippen LogP contribution in [0, 0.1) is 5.92 Å². The highest BCUT2D eigenvalue weighted by Crippen LogP contribution is 2.10. The average Bonchev–Trinajstić information content (AvgIpc) is 2.48. The molecule has 0 spiro atoms. The predicted molar refractivity (Wildman–Crippen MR) is 91.7 cm³/mol. The van der Waals surface area contributed by atoms with Crippen LogP contribution in [-0.4, -0.2) is 42.6 Å². The highest BCUT2D eigenvalue weighted by molar-refractivity contribution is 5.69. The van der Waals surface area contributed by atoms with Crippen LogP contribution in [0.3, 0.4) is 0 Å². The Kier molecular flexibility index (Phi) is 11.3. The van der Waals surface area contributed by atoms with Gasteiger partial charge in [0.05, 0.1) is 6.61 Å². The maximum Gasteiger partial charge on any atom is 0.305 e. The van der Waals surface area contributed by atoms with Crippen LogP contribution in [0.2, 0.25) is 0 Å². The van der Waals surface area contributed by atoms with Crippen LogP contribution in [-0.2, 0) is 9.53 Å². The van der Waals surface area contributed by atoms with Crippen molar-refractivity contribution in [3.05, 3.63) is 24.6 Å². The number of likely N-dealkylation sites (N-methyl/N-ethyl adjacent to an activating group) is 1. The van der Waals surface area contributed by atoms with Crippen LogP contribution in [0.5, 0.6) is 0 Å². The largest absolute Gasteiger partial charge is 0.466 e. The summed E-state index contributed by atoms with van der Waals surface area (Å²) in [6.07, 6.45) is 11.3. The molecule has 0 aromatic rings. The fourth-order valence-electron chi connectivity index (χ4n) is 1.66. The molecule has 0 rings (SSSR count). The monoisotopic (exact) mass is 311 g/mol. The molecule has 2 N–H and O–H groups in total. The smallest absolute Gasteiger partial charge is 0.305 e. The van der Waals surface area contributed by atoms with Gasteiger partial charge in [-0.1, -0.05) is 26.3 Å². The Morgan fingerprint density at radius 1 is 1.23 bits per heavy atom. The van der Waals surface area contributed by atoms with Crippen molar-refractivity contribution < 1.29 is 9.53 Å². The molecular formula is C17H33N3O2. The SMILES string of the molecule is CCCCOC(=O)CCC(C)/C=C/N(C)C(C)/C=C/N(C)N. The van der Waals surface area contributed by atoms with Gasteiger partial charge in [-0.25, -0.2) is 5.84 Å². The van der Waals surface area contributed by atoms with Gasteiger partial charge < -0.3 is 14.6 Å². The summed E-state index contributed by atoms with van der Waals surface area (Å²) in [6.45, 7) is 6.83. The number of carbonyl (C=O) groups excluding carboxylic acids is 1. The van der Waals surface area contributed by atoms with Gasteiger partial charge in [-0.2, -0.15) is 0 Å². The summed E-state index contributed by atoms with van der Waals surface area (Å²) >= 11 is 0. The number of ether oxygens (including phenoxy) is 1. The molecule has 0 aliphatic carbocycles. The molecule has 2 atom stereocenters. The molecule has 5 heteroatoms. The number of hydrogen-bond acceptors (Lipinski definition) is 5.